The van der Waals surface area contributed by atoms with E-state index in [4.69, 9.17) is 9.47 Å². The number of ether oxygens (including phenoxy) is 2. The molecule has 0 radical (unpaired) electrons. The van der Waals surface area contributed by atoms with E-state index < -0.39 is 0 Å². The zero-order chi connectivity index (χ0) is 14.3. The van der Waals surface area contributed by atoms with Crippen LogP contribution >= 0.6 is 0 Å². The third kappa shape index (κ3) is 2.21. The molecule has 0 heterocycles. The number of likely N-dealkylation sites (N-methyl/N-ethyl adjacent to an activating group) is 1. The lowest BCUT2D eigenvalue weighted by Gasteiger charge is -2.38. The van der Waals surface area contributed by atoms with E-state index in [0.29, 0.717) is 12.0 Å². The number of hydrogen-bond donors (Lipinski definition) is 0. The number of nitrogens with zero attached hydrogens (tertiary/aromatic N) is 1. The van der Waals surface area contributed by atoms with E-state index in [1.165, 1.54) is 24.8 Å². The topological polar surface area (TPSA) is 21.7 Å². The highest BCUT2D eigenvalue weighted by atomic mass is 16.5. The lowest BCUT2D eigenvalue weighted by Crippen LogP contribution is -2.46. The third-order valence-electron chi connectivity index (χ3n) is 4.89. The van der Waals surface area contributed by atoms with Gasteiger partial charge < -0.3 is 9.47 Å². The van der Waals surface area contributed by atoms with Crippen LogP contribution in [0.5, 0.6) is 0 Å². The van der Waals surface area contributed by atoms with Crippen molar-refractivity contribution in [2.24, 2.45) is 11.8 Å². The Morgan fingerprint density at radius 2 is 2.00 bits per heavy atom. The van der Waals surface area contributed by atoms with Gasteiger partial charge in [0.1, 0.15) is 5.76 Å². The smallest absolute Gasteiger partial charge is 0.117 e. The van der Waals surface area contributed by atoms with Gasteiger partial charge in [-0.15, -0.1) is 0 Å². The summed E-state index contributed by atoms with van der Waals surface area (Å²) in [5.74, 6) is 2.40. The lowest BCUT2D eigenvalue weighted by molar-refractivity contribution is 0.119. The van der Waals surface area contributed by atoms with E-state index in [2.05, 4.69) is 45.0 Å². The fourth-order valence-electron chi connectivity index (χ4n) is 3.79. The van der Waals surface area contributed by atoms with Gasteiger partial charge in [-0.05, 0) is 70.8 Å². The van der Waals surface area contributed by atoms with Crippen molar-refractivity contribution >= 4 is 0 Å². The van der Waals surface area contributed by atoms with Crippen molar-refractivity contribution in [2.75, 3.05) is 27.3 Å². The summed E-state index contributed by atoms with van der Waals surface area (Å²) in [4.78, 5) is 2.39. The van der Waals surface area contributed by atoms with Gasteiger partial charge in [-0.1, -0.05) is 0 Å². The molecule has 3 unspecified atom stereocenters. The van der Waals surface area contributed by atoms with Crippen LogP contribution in [0.3, 0.4) is 0 Å². The Labute approximate surface area is 122 Å². The molecule has 3 heteroatoms. The maximum absolute atomic E-state index is 5.82. The molecule has 0 spiro atoms. The molecule has 0 aromatic rings. The van der Waals surface area contributed by atoms with Gasteiger partial charge in [0.15, 0.2) is 0 Å². The molecule has 2 saturated carbocycles. The Kier molecular flexibility index (Phi) is 3.67. The van der Waals surface area contributed by atoms with Gasteiger partial charge in [0.2, 0.25) is 0 Å². The average molecular weight is 277 g/mol. The number of allylic oxidation sites excluding steroid dienone is 1. The van der Waals surface area contributed by atoms with Gasteiger partial charge in [-0.3, -0.25) is 4.90 Å². The van der Waals surface area contributed by atoms with E-state index in [1.54, 1.807) is 0 Å². The maximum Gasteiger partial charge on any atom is 0.117 e. The molecule has 0 bridgehead atoms. The second-order valence-electron chi connectivity index (χ2n) is 6.41. The van der Waals surface area contributed by atoms with Crippen LogP contribution in [0.4, 0.5) is 0 Å². The molecule has 0 amide bonds. The summed E-state index contributed by atoms with van der Waals surface area (Å²) in [5.41, 5.74) is 1.62. The molecule has 112 valence electrons. The SMILES string of the molecule is CCOC1=CC(C2CC2)(N(C)C)C(C2CC2OCC)=C1. The normalized spacial score (nSPS) is 36.0. The van der Waals surface area contributed by atoms with Gasteiger partial charge in [0, 0.05) is 12.5 Å². The van der Waals surface area contributed by atoms with Gasteiger partial charge in [-0.25, -0.2) is 0 Å². The summed E-state index contributed by atoms with van der Waals surface area (Å²) in [6.07, 6.45) is 8.93. The Bertz CT molecular complexity index is 432. The Balaban J connectivity index is 1.87. The third-order valence-corrected chi connectivity index (χ3v) is 4.89. The first-order valence-corrected chi connectivity index (χ1v) is 8.00. The molecule has 2 fully saturated rings. The van der Waals surface area contributed by atoms with Crippen LogP contribution in [0.1, 0.15) is 33.1 Å². The zero-order valence-electron chi connectivity index (χ0n) is 13.2. The Hall–Kier alpha value is -0.800. The molecule has 0 aliphatic heterocycles. The van der Waals surface area contributed by atoms with Crippen LogP contribution < -0.4 is 0 Å². The minimum Gasteiger partial charge on any atom is -0.494 e. The zero-order valence-corrected chi connectivity index (χ0v) is 13.2. The second kappa shape index (κ2) is 5.19. The monoisotopic (exact) mass is 277 g/mol. The summed E-state index contributed by atoms with van der Waals surface area (Å²) in [7, 11) is 4.41. The van der Waals surface area contributed by atoms with Gasteiger partial charge in [0.05, 0.1) is 18.2 Å². The van der Waals surface area contributed by atoms with E-state index >= 15 is 0 Å². The number of rotatable bonds is 7. The standard InChI is InChI=1S/C17H27NO2/c1-5-19-13-9-15(14-10-16(14)20-6-2)17(11-13,18(3)4)12-7-8-12/h9,11-12,14,16H,5-8,10H2,1-4H3. The molecule has 3 aliphatic rings. The first-order valence-electron chi connectivity index (χ1n) is 8.00. The van der Waals surface area contributed by atoms with Gasteiger partial charge >= 0.3 is 0 Å². The molecule has 3 aliphatic carbocycles. The minimum absolute atomic E-state index is 0.0843. The van der Waals surface area contributed by atoms with Crippen molar-refractivity contribution in [3.05, 3.63) is 23.5 Å². The van der Waals surface area contributed by atoms with Crippen molar-refractivity contribution in [1.29, 1.82) is 0 Å². The average Bonchev–Trinajstić information content (AvgIpc) is 3.30. The molecule has 0 aromatic heterocycles. The molecule has 20 heavy (non-hydrogen) atoms. The highest BCUT2D eigenvalue weighted by molar-refractivity contribution is 5.48. The Morgan fingerprint density at radius 1 is 1.25 bits per heavy atom. The predicted molar refractivity (Wildman–Crippen MR) is 80.5 cm³/mol. The number of hydrogen-bond acceptors (Lipinski definition) is 3. The van der Waals surface area contributed by atoms with Crippen LogP contribution in [0.25, 0.3) is 0 Å². The summed E-state index contributed by atoms with van der Waals surface area (Å²) >= 11 is 0. The van der Waals surface area contributed by atoms with Gasteiger partial charge in [0.25, 0.3) is 0 Å². The van der Waals surface area contributed by atoms with Crippen molar-refractivity contribution in [1.82, 2.24) is 4.90 Å². The lowest BCUT2D eigenvalue weighted by atomic mass is 9.83. The van der Waals surface area contributed by atoms with Crippen LogP contribution in [-0.4, -0.2) is 43.9 Å². The van der Waals surface area contributed by atoms with E-state index in [-0.39, 0.29) is 5.54 Å². The molecule has 3 atom stereocenters. The molecule has 0 aromatic carbocycles. The summed E-state index contributed by atoms with van der Waals surface area (Å²) in [6, 6.07) is 0. The molecule has 0 saturated heterocycles. The van der Waals surface area contributed by atoms with Gasteiger partial charge in [-0.2, -0.15) is 0 Å². The predicted octanol–water partition coefficient (Wildman–Crippen LogP) is 2.98. The highest BCUT2D eigenvalue weighted by Gasteiger charge is 2.57. The first kappa shape index (κ1) is 14.2. The highest BCUT2D eigenvalue weighted by Crippen LogP contribution is 2.57. The summed E-state index contributed by atoms with van der Waals surface area (Å²) in [5, 5.41) is 0. The quantitative estimate of drug-likeness (QED) is 0.714. The van der Waals surface area contributed by atoms with Crippen molar-refractivity contribution in [2.45, 2.75) is 44.8 Å². The van der Waals surface area contributed by atoms with Crippen molar-refractivity contribution in [3.8, 4) is 0 Å². The molecular formula is C17H27NO2. The largest absolute Gasteiger partial charge is 0.494 e. The van der Waals surface area contributed by atoms with E-state index in [9.17, 15) is 0 Å². The van der Waals surface area contributed by atoms with Crippen molar-refractivity contribution in [3.63, 3.8) is 0 Å². The fraction of sp³-hybridized carbons (Fsp3) is 0.765. The van der Waals surface area contributed by atoms with E-state index in [1.807, 2.05) is 0 Å². The maximum atomic E-state index is 5.82. The minimum atomic E-state index is 0.0843. The second-order valence-corrected chi connectivity index (χ2v) is 6.41. The van der Waals surface area contributed by atoms with Crippen LogP contribution in [0, 0.1) is 11.8 Å². The first-order chi connectivity index (χ1) is 9.63. The molecular weight excluding hydrogens is 250 g/mol. The van der Waals surface area contributed by atoms with E-state index in [0.717, 1.165) is 24.9 Å². The fourth-order valence-corrected chi connectivity index (χ4v) is 3.79. The van der Waals surface area contributed by atoms with Crippen LogP contribution in [0.2, 0.25) is 0 Å². The van der Waals surface area contributed by atoms with Crippen LogP contribution in [0.15, 0.2) is 23.5 Å². The molecule has 0 N–H and O–H groups in total. The Morgan fingerprint density at radius 3 is 2.55 bits per heavy atom. The molecule has 3 rings (SSSR count). The summed E-state index contributed by atoms with van der Waals surface area (Å²) in [6.45, 7) is 5.70. The van der Waals surface area contributed by atoms with Crippen molar-refractivity contribution < 1.29 is 9.47 Å². The van der Waals surface area contributed by atoms with Crippen LogP contribution in [-0.2, 0) is 9.47 Å². The summed E-state index contributed by atoms with van der Waals surface area (Å²) < 4.78 is 11.6. The molecule has 3 nitrogen and oxygen atoms in total.